The van der Waals surface area contributed by atoms with Crippen LogP contribution in [0.1, 0.15) is 342 Å². The van der Waals surface area contributed by atoms with Gasteiger partial charge in [-0.15, -0.1) is 0 Å². The van der Waals surface area contributed by atoms with E-state index in [2.05, 4.69) is 38.2 Å². The topological polar surface area (TPSA) is 114 Å². The van der Waals surface area contributed by atoms with Crippen LogP contribution in [0.2, 0.25) is 0 Å². The van der Waals surface area contributed by atoms with Gasteiger partial charge in [-0.3, -0.25) is 14.2 Å². The van der Waals surface area contributed by atoms with Crippen LogP contribution >= 0.6 is 7.82 Å². The van der Waals surface area contributed by atoms with E-state index in [0.717, 1.165) is 70.6 Å². The third-order valence-corrected chi connectivity index (χ3v) is 16.3. The van der Waals surface area contributed by atoms with Crippen molar-refractivity contribution >= 4 is 19.7 Å². The predicted octanol–water partition coefficient (Wildman–Crippen LogP) is 20.3. The molecule has 0 spiro atoms. The third kappa shape index (κ3) is 58.9. The second-order valence-electron chi connectivity index (χ2n) is 24.3. The highest BCUT2D eigenvalue weighted by molar-refractivity contribution is 7.45. The van der Waals surface area contributed by atoms with Crippen LogP contribution in [0.4, 0.5) is 0 Å². The molecule has 0 aromatic heterocycles. The maximum atomic E-state index is 13.5. The van der Waals surface area contributed by atoms with Crippen molar-refractivity contribution in [2.24, 2.45) is 0 Å². The van der Waals surface area contributed by atoms with E-state index in [1.165, 1.54) is 238 Å². The minimum absolute atomic E-state index is 0.0214. The average Bonchev–Trinajstić information content (AvgIpc) is 3.39. The summed E-state index contributed by atoms with van der Waals surface area (Å²) in [5.74, 6) is -0.541. The van der Waals surface area contributed by atoms with Crippen LogP contribution in [0.15, 0.2) is 24.3 Å². The molecular weight excluding hydrogens is 976 g/mol. The minimum atomic E-state index is -4.70. The van der Waals surface area contributed by atoms with E-state index in [4.69, 9.17) is 13.8 Å². The van der Waals surface area contributed by atoms with Crippen molar-refractivity contribution in [3.63, 3.8) is 0 Å². The Balaban J connectivity index is 5.05. The molecule has 3 atom stereocenters. The number of carbonyl (C=O) groups excluding carboxylic acids is 2. The molecule has 0 rings (SSSR count). The fraction of sp³-hybridized carbons (Fsp3) is 0.910. The summed E-state index contributed by atoms with van der Waals surface area (Å²) in [5, 5.41) is 3.03. The van der Waals surface area contributed by atoms with E-state index in [1.807, 2.05) is 33.3 Å². The van der Waals surface area contributed by atoms with Crippen LogP contribution < -0.4 is 10.2 Å². The number of rotatable bonds is 62. The number of quaternary nitrogens is 1. The minimum Gasteiger partial charge on any atom is -0.756 e. The van der Waals surface area contributed by atoms with E-state index in [-0.39, 0.29) is 31.5 Å². The second-order valence-corrected chi connectivity index (χ2v) is 25.7. The lowest BCUT2D eigenvalue weighted by Gasteiger charge is -2.30. The first-order valence-electron chi connectivity index (χ1n) is 33.6. The van der Waals surface area contributed by atoms with Gasteiger partial charge in [0.15, 0.2) is 0 Å². The summed E-state index contributed by atoms with van der Waals surface area (Å²) in [5.41, 5.74) is 0. The summed E-state index contributed by atoms with van der Waals surface area (Å²) in [4.78, 5) is 40.0. The fourth-order valence-corrected chi connectivity index (χ4v) is 10.9. The predicted molar refractivity (Wildman–Crippen MR) is 330 cm³/mol. The Labute approximate surface area is 479 Å². The first-order valence-corrected chi connectivity index (χ1v) is 35.1. The summed E-state index contributed by atoms with van der Waals surface area (Å²) in [6.07, 6.45) is 68.8. The number of allylic oxidation sites excluding steroid dienone is 3. The maximum Gasteiger partial charge on any atom is 0.306 e. The van der Waals surface area contributed by atoms with Gasteiger partial charge in [0.05, 0.1) is 33.8 Å². The molecule has 456 valence electrons. The monoisotopic (exact) mass is 1110 g/mol. The number of likely N-dealkylation sites (N-methyl/N-ethyl adjacent to an activating group) is 1. The number of phosphoric acid groups is 1. The van der Waals surface area contributed by atoms with E-state index < -0.39 is 20.0 Å². The van der Waals surface area contributed by atoms with Crippen LogP contribution in [0.25, 0.3) is 0 Å². The Bertz CT molecular complexity index is 1370. The molecule has 0 radical (unpaired) electrons. The summed E-state index contributed by atoms with van der Waals surface area (Å²) < 4.78 is 30.4. The van der Waals surface area contributed by atoms with Gasteiger partial charge in [-0.25, -0.2) is 0 Å². The number of carbonyl (C=O) groups is 2. The molecule has 0 aliphatic rings. The SMILES string of the molecule is CCCCCCCC/C=C\CCCCCC(=O)NC(COP(=O)([O-])OCC[N+](C)(C)C)C(/C=C\CCCCCCCCCCCCC)OC(=O)CCCCCCCCCCCCCCCCCCCCCCCCCCC. The van der Waals surface area contributed by atoms with Crippen molar-refractivity contribution in [2.45, 2.75) is 354 Å². The van der Waals surface area contributed by atoms with Crippen LogP contribution in [-0.4, -0.2) is 69.4 Å². The number of ether oxygens (including phenoxy) is 1. The van der Waals surface area contributed by atoms with Crippen molar-refractivity contribution < 1.29 is 37.3 Å². The lowest BCUT2D eigenvalue weighted by molar-refractivity contribution is -0.870. The number of hydrogen-bond acceptors (Lipinski definition) is 7. The lowest BCUT2D eigenvalue weighted by atomic mass is 10.0. The van der Waals surface area contributed by atoms with Crippen molar-refractivity contribution in [2.75, 3.05) is 40.9 Å². The van der Waals surface area contributed by atoms with Gasteiger partial charge in [-0.05, 0) is 57.4 Å². The van der Waals surface area contributed by atoms with Crippen molar-refractivity contribution in [3.8, 4) is 0 Å². The molecule has 0 aliphatic carbocycles. The standard InChI is InChI=1S/C67H131N2O7P/c1-7-10-13-16-19-22-25-28-29-30-31-32-33-34-35-36-37-38-39-42-45-48-51-54-57-60-67(71)76-65(58-55-52-49-46-43-40-26-23-20-17-14-11-8-2)64(63-75-77(72,73)74-62-61-69(4,5)6)68-66(70)59-56-53-50-47-44-41-27-24-21-18-15-12-9-3/h41,44,55,58,64-65H,7-40,42-43,45-54,56-57,59-63H2,1-6H3,(H-,68,70,72,73)/b44-41-,58-55-. The van der Waals surface area contributed by atoms with Gasteiger partial charge in [0.25, 0.3) is 7.82 Å². The van der Waals surface area contributed by atoms with Gasteiger partial charge in [-0.1, -0.05) is 296 Å². The van der Waals surface area contributed by atoms with Crippen LogP contribution in [0.3, 0.4) is 0 Å². The van der Waals surface area contributed by atoms with Crippen molar-refractivity contribution in [3.05, 3.63) is 24.3 Å². The summed E-state index contributed by atoms with van der Waals surface area (Å²) in [6, 6.07) is -0.890. The zero-order valence-electron chi connectivity index (χ0n) is 52.2. The number of esters is 1. The first-order chi connectivity index (χ1) is 37.4. The highest BCUT2D eigenvalue weighted by atomic mass is 31.2. The molecule has 0 fully saturated rings. The summed E-state index contributed by atoms with van der Waals surface area (Å²) in [7, 11) is 1.19. The van der Waals surface area contributed by atoms with Crippen LogP contribution in [0.5, 0.6) is 0 Å². The van der Waals surface area contributed by atoms with Crippen LogP contribution in [0, 0.1) is 0 Å². The van der Waals surface area contributed by atoms with Crippen molar-refractivity contribution in [1.82, 2.24) is 5.32 Å². The third-order valence-electron chi connectivity index (χ3n) is 15.4. The van der Waals surface area contributed by atoms with Gasteiger partial charge in [0, 0.05) is 12.8 Å². The number of hydrogen-bond donors (Lipinski definition) is 1. The highest BCUT2D eigenvalue weighted by Crippen LogP contribution is 2.38. The van der Waals surface area contributed by atoms with Gasteiger partial charge in [0.1, 0.15) is 19.3 Å². The molecule has 0 saturated heterocycles. The summed E-state index contributed by atoms with van der Waals surface area (Å²) >= 11 is 0. The summed E-state index contributed by atoms with van der Waals surface area (Å²) in [6.45, 7) is 6.88. The smallest absolute Gasteiger partial charge is 0.306 e. The molecule has 0 aliphatic heterocycles. The Morgan fingerprint density at radius 3 is 1.12 bits per heavy atom. The largest absolute Gasteiger partial charge is 0.756 e. The Hall–Kier alpha value is -1.51. The van der Waals surface area contributed by atoms with Crippen LogP contribution in [-0.2, 0) is 27.9 Å². The molecule has 9 nitrogen and oxygen atoms in total. The molecule has 0 aromatic rings. The van der Waals surface area contributed by atoms with E-state index >= 15 is 0 Å². The molecule has 1 amide bonds. The lowest BCUT2D eigenvalue weighted by Crippen LogP contribution is -2.47. The number of nitrogens with one attached hydrogen (secondary N) is 1. The number of unbranched alkanes of at least 4 members (excludes halogenated alkanes) is 44. The average molecular weight is 1110 g/mol. The molecule has 10 heteroatoms. The zero-order valence-corrected chi connectivity index (χ0v) is 53.1. The number of nitrogens with zero attached hydrogens (tertiary/aromatic N) is 1. The van der Waals surface area contributed by atoms with Gasteiger partial charge >= 0.3 is 5.97 Å². The fourth-order valence-electron chi connectivity index (χ4n) is 10.2. The molecule has 77 heavy (non-hydrogen) atoms. The van der Waals surface area contributed by atoms with E-state index in [0.29, 0.717) is 17.4 Å². The Morgan fingerprint density at radius 1 is 0.442 bits per heavy atom. The molecule has 0 aromatic carbocycles. The Morgan fingerprint density at radius 2 is 0.753 bits per heavy atom. The quantitative estimate of drug-likeness (QED) is 0.0212. The van der Waals surface area contributed by atoms with Crippen molar-refractivity contribution in [1.29, 1.82) is 0 Å². The van der Waals surface area contributed by atoms with Gasteiger partial charge in [-0.2, -0.15) is 0 Å². The number of amides is 1. The maximum absolute atomic E-state index is 13.5. The first kappa shape index (κ1) is 75.5. The molecular formula is C67H131N2O7P. The number of phosphoric ester groups is 1. The zero-order chi connectivity index (χ0) is 56.4. The van der Waals surface area contributed by atoms with E-state index in [1.54, 1.807) is 0 Å². The van der Waals surface area contributed by atoms with Gasteiger partial charge < -0.3 is 28.5 Å². The molecule has 1 N–H and O–H groups in total. The molecule has 3 unspecified atom stereocenters. The highest BCUT2D eigenvalue weighted by Gasteiger charge is 2.27. The molecule has 0 bridgehead atoms. The van der Waals surface area contributed by atoms with Gasteiger partial charge in [0.2, 0.25) is 5.91 Å². The Kier molecular flexibility index (Phi) is 56.6. The second kappa shape index (κ2) is 57.7. The van der Waals surface area contributed by atoms with E-state index in [9.17, 15) is 19.0 Å². The molecule has 0 saturated carbocycles. The normalized spacial score (nSPS) is 13.7. The molecule has 0 heterocycles.